The van der Waals surface area contributed by atoms with Gasteiger partial charge in [0.2, 0.25) is 0 Å². The second-order valence-electron chi connectivity index (χ2n) is 5.14. The van der Waals surface area contributed by atoms with Crippen LogP contribution in [-0.4, -0.2) is 10.2 Å². The monoisotopic (exact) mass is 234 g/mol. The highest BCUT2D eigenvalue weighted by molar-refractivity contribution is 5.42. The van der Waals surface area contributed by atoms with Crippen LogP contribution >= 0.6 is 0 Å². The molecule has 1 aromatic heterocycles. The van der Waals surface area contributed by atoms with Gasteiger partial charge < -0.3 is 0 Å². The Morgan fingerprint density at radius 3 is 2.65 bits per heavy atom. The third-order valence-electron chi connectivity index (χ3n) is 3.82. The summed E-state index contributed by atoms with van der Waals surface area (Å²) in [6.07, 6.45) is 9.48. The van der Waals surface area contributed by atoms with E-state index in [1.54, 1.807) is 6.08 Å². The maximum atomic E-state index is 4.25. The third kappa shape index (κ3) is 3.72. The van der Waals surface area contributed by atoms with Crippen molar-refractivity contribution in [3.63, 3.8) is 0 Å². The first-order chi connectivity index (χ1) is 8.16. The zero-order valence-corrected chi connectivity index (χ0v) is 11.6. The van der Waals surface area contributed by atoms with Crippen molar-refractivity contribution in [2.75, 3.05) is 0 Å². The number of nitrogens with zero attached hydrogens (tertiary/aromatic N) is 1. The molecule has 2 heteroatoms. The van der Waals surface area contributed by atoms with Gasteiger partial charge in [0.15, 0.2) is 0 Å². The van der Waals surface area contributed by atoms with E-state index in [0.717, 1.165) is 12.1 Å². The smallest absolute Gasteiger partial charge is 0.0845 e. The van der Waals surface area contributed by atoms with Gasteiger partial charge in [-0.15, -0.1) is 0 Å². The van der Waals surface area contributed by atoms with Crippen LogP contribution in [0, 0.1) is 0 Å². The van der Waals surface area contributed by atoms with E-state index in [9.17, 15) is 0 Å². The van der Waals surface area contributed by atoms with Gasteiger partial charge >= 0.3 is 0 Å². The van der Waals surface area contributed by atoms with Crippen LogP contribution in [-0.2, 0) is 5.41 Å². The first-order valence-corrected chi connectivity index (χ1v) is 6.84. The highest BCUT2D eigenvalue weighted by atomic mass is 15.1. The fourth-order valence-corrected chi connectivity index (χ4v) is 2.19. The van der Waals surface area contributed by atoms with Crippen LogP contribution in [0.4, 0.5) is 0 Å². The normalized spacial score (nSPS) is 14.5. The lowest BCUT2D eigenvalue weighted by molar-refractivity contribution is 0.385. The summed E-state index contributed by atoms with van der Waals surface area (Å²) in [5, 5.41) is 7.42. The molecule has 0 amide bonds. The number of aromatic nitrogens is 2. The predicted molar refractivity (Wildman–Crippen MR) is 75.1 cm³/mol. The van der Waals surface area contributed by atoms with Crippen LogP contribution < -0.4 is 0 Å². The van der Waals surface area contributed by atoms with Crippen LogP contribution in [0.15, 0.2) is 12.6 Å². The molecule has 1 unspecified atom stereocenters. The molecule has 0 aromatic carbocycles. The van der Waals surface area contributed by atoms with Gasteiger partial charge in [-0.25, -0.2) is 0 Å². The molecule has 96 valence electrons. The van der Waals surface area contributed by atoms with E-state index >= 15 is 0 Å². The third-order valence-corrected chi connectivity index (χ3v) is 3.82. The van der Waals surface area contributed by atoms with E-state index in [2.05, 4.69) is 43.6 Å². The maximum absolute atomic E-state index is 4.25. The molecule has 0 fully saturated rings. The summed E-state index contributed by atoms with van der Waals surface area (Å²) < 4.78 is 0. The van der Waals surface area contributed by atoms with E-state index in [-0.39, 0.29) is 5.41 Å². The number of hydrogen-bond donors (Lipinski definition) is 1. The van der Waals surface area contributed by atoms with Crippen molar-refractivity contribution < 1.29 is 0 Å². The van der Waals surface area contributed by atoms with Crippen molar-refractivity contribution in [1.29, 1.82) is 0 Å². The van der Waals surface area contributed by atoms with Crippen molar-refractivity contribution in [3.05, 3.63) is 24.0 Å². The topological polar surface area (TPSA) is 28.7 Å². The minimum Gasteiger partial charge on any atom is -0.281 e. The molecule has 1 rings (SSSR count). The van der Waals surface area contributed by atoms with Gasteiger partial charge in [0.25, 0.3) is 0 Å². The average molecular weight is 234 g/mol. The van der Waals surface area contributed by atoms with E-state index in [4.69, 9.17) is 0 Å². The van der Waals surface area contributed by atoms with Gasteiger partial charge in [-0.05, 0) is 25.0 Å². The highest BCUT2D eigenvalue weighted by Crippen LogP contribution is 2.32. The molecule has 0 spiro atoms. The van der Waals surface area contributed by atoms with Gasteiger partial charge in [-0.3, -0.25) is 5.10 Å². The molecule has 1 aromatic rings. The number of rotatable bonds is 8. The van der Waals surface area contributed by atoms with Gasteiger partial charge in [-0.2, -0.15) is 5.10 Å². The van der Waals surface area contributed by atoms with Crippen molar-refractivity contribution in [1.82, 2.24) is 10.2 Å². The Kier molecular flexibility index (Phi) is 5.46. The Bertz CT molecular complexity index is 340. The molecule has 0 saturated heterocycles. The van der Waals surface area contributed by atoms with Gasteiger partial charge in [0.1, 0.15) is 0 Å². The molecule has 0 bridgehead atoms. The lowest BCUT2D eigenvalue weighted by Gasteiger charge is -2.26. The van der Waals surface area contributed by atoms with Crippen LogP contribution in [0.2, 0.25) is 0 Å². The largest absolute Gasteiger partial charge is 0.281 e. The summed E-state index contributed by atoms with van der Waals surface area (Å²) in [7, 11) is 0. The molecule has 1 atom stereocenters. The zero-order chi connectivity index (χ0) is 12.7. The molecule has 17 heavy (non-hydrogen) atoms. The van der Waals surface area contributed by atoms with Crippen LogP contribution in [0.25, 0.3) is 6.08 Å². The molecule has 0 saturated carbocycles. The molecule has 0 aliphatic carbocycles. The first kappa shape index (κ1) is 14.0. The Labute approximate surface area is 106 Å². The predicted octanol–water partition coefficient (Wildman–Crippen LogP) is 4.69. The van der Waals surface area contributed by atoms with E-state index in [0.29, 0.717) is 0 Å². The summed E-state index contributed by atoms with van der Waals surface area (Å²) in [5.41, 5.74) is 2.45. The Hall–Kier alpha value is -1.05. The standard InChI is InChI=1S/C15H26N2/c1-5-8-9-10-11-15(4,7-3)14-12-13(6-2)16-17-14/h6,12H,2,5,7-11H2,1,3-4H3,(H,16,17). The van der Waals surface area contributed by atoms with Crippen LogP contribution in [0.1, 0.15) is 70.7 Å². The van der Waals surface area contributed by atoms with Gasteiger partial charge in [0.05, 0.1) is 5.69 Å². The Balaban J connectivity index is 2.63. The van der Waals surface area contributed by atoms with E-state index in [1.807, 2.05) is 0 Å². The summed E-state index contributed by atoms with van der Waals surface area (Å²) in [4.78, 5) is 0. The van der Waals surface area contributed by atoms with E-state index in [1.165, 1.54) is 37.8 Å². The SMILES string of the molecule is C=Cc1cc(C(C)(CC)CCCCCC)[nH]n1. The fourth-order valence-electron chi connectivity index (χ4n) is 2.19. The Morgan fingerprint density at radius 1 is 1.35 bits per heavy atom. The quantitative estimate of drug-likeness (QED) is 0.649. The van der Waals surface area contributed by atoms with Crippen molar-refractivity contribution in [2.24, 2.45) is 0 Å². The van der Waals surface area contributed by atoms with Gasteiger partial charge in [0, 0.05) is 11.1 Å². The molecule has 0 aliphatic heterocycles. The second kappa shape index (κ2) is 6.63. The number of unbranched alkanes of at least 4 members (excludes halogenated alkanes) is 3. The molecule has 2 nitrogen and oxygen atoms in total. The number of hydrogen-bond acceptors (Lipinski definition) is 1. The summed E-state index contributed by atoms with van der Waals surface area (Å²) in [6, 6.07) is 2.14. The van der Waals surface area contributed by atoms with Crippen LogP contribution in [0.3, 0.4) is 0 Å². The Morgan fingerprint density at radius 2 is 2.12 bits per heavy atom. The number of nitrogens with one attached hydrogen (secondary N) is 1. The molecular formula is C15H26N2. The van der Waals surface area contributed by atoms with Crippen molar-refractivity contribution in [3.8, 4) is 0 Å². The number of aromatic amines is 1. The van der Waals surface area contributed by atoms with Crippen LogP contribution in [0.5, 0.6) is 0 Å². The molecule has 1 N–H and O–H groups in total. The first-order valence-electron chi connectivity index (χ1n) is 6.84. The summed E-state index contributed by atoms with van der Waals surface area (Å²) in [5.74, 6) is 0. The van der Waals surface area contributed by atoms with Gasteiger partial charge in [-0.1, -0.05) is 53.0 Å². The maximum Gasteiger partial charge on any atom is 0.0845 e. The lowest BCUT2D eigenvalue weighted by Crippen LogP contribution is -2.21. The summed E-state index contributed by atoms with van der Waals surface area (Å²) in [6.45, 7) is 10.6. The second-order valence-corrected chi connectivity index (χ2v) is 5.14. The van der Waals surface area contributed by atoms with Crippen molar-refractivity contribution >= 4 is 6.08 Å². The van der Waals surface area contributed by atoms with Crippen molar-refractivity contribution in [2.45, 2.75) is 64.7 Å². The molecule has 1 heterocycles. The summed E-state index contributed by atoms with van der Waals surface area (Å²) >= 11 is 0. The average Bonchev–Trinajstić information content (AvgIpc) is 2.83. The molecule has 0 radical (unpaired) electrons. The lowest BCUT2D eigenvalue weighted by atomic mass is 9.79. The minimum absolute atomic E-state index is 0.238. The zero-order valence-electron chi connectivity index (χ0n) is 11.6. The number of H-pyrrole nitrogens is 1. The minimum atomic E-state index is 0.238. The fraction of sp³-hybridized carbons (Fsp3) is 0.667. The highest BCUT2D eigenvalue weighted by Gasteiger charge is 2.25. The molecule has 0 aliphatic rings. The molecular weight excluding hydrogens is 208 g/mol. The van der Waals surface area contributed by atoms with E-state index < -0.39 is 0 Å².